The molecule has 1 aliphatic heterocycles. The van der Waals surface area contributed by atoms with Gasteiger partial charge in [0.25, 0.3) is 0 Å². The monoisotopic (exact) mass is 201 g/mol. The van der Waals surface area contributed by atoms with Gasteiger partial charge in [-0.2, -0.15) is 4.37 Å². The Morgan fingerprint density at radius 2 is 2.42 bits per heavy atom. The maximum Gasteiger partial charge on any atom is 0.226 e. The number of aromatic nitrogens is 2. The Morgan fingerprint density at radius 1 is 1.67 bits per heavy atom. The van der Waals surface area contributed by atoms with Gasteiger partial charge in [-0.05, 0) is 23.8 Å². The normalized spacial score (nSPS) is 14.9. The van der Waals surface area contributed by atoms with Crippen molar-refractivity contribution in [3.8, 4) is 0 Å². The smallest absolute Gasteiger partial charge is 0.226 e. The molecule has 0 aromatic carbocycles. The lowest BCUT2D eigenvalue weighted by Gasteiger charge is -2.08. The van der Waals surface area contributed by atoms with Gasteiger partial charge in [-0.3, -0.25) is 14.3 Å². The quantitative estimate of drug-likeness (QED) is 0.589. The van der Waals surface area contributed by atoms with Gasteiger partial charge < -0.3 is 0 Å². The van der Waals surface area contributed by atoms with Crippen LogP contribution in [0.2, 0.25) is 0 Å². The fraction of sp³-hybridized carbons (Fsp3) is 0.500. The fourth-order valence-corrected chi connectivity index (χ4v) is 2.16. The van der Waals surface area contributed by atoms with Gasteiger partial charge in [0.1, 0.15) is 0 Å². The third-order valence-corrected chi connectivity index (χ3v) is 2.91. The molecule has 0 saturated heterocycles. The van der Waals surface area contributed by atoms with Crippen LogP contribution < -0.4 is 4.90 Å². The third kappa shape index (κ3) is 0.987. The van der Waals surface area contributed by atoms with E-state index in [2.05, 4.69) is 4.37 Å². The Bertz CT molecular complexity index is 380. The van der Waals surface area contributed by atoms with Gasteiger partial charge in [0.15, 0.2) is 3.95 Å². The first-order valence-electron chi connectivity index (χ1n) is 3.55. The van der Waals surface area contributed by atoms with Gasteiger partial charge in [0, 0.05) is 20.0 Å². The molecule has 1 aromatic heterocycles. The molecule has 6 heteroatoms. The van der Waals surface area contributed by atoms with Crippen molar-refractivity contribution in [3.05, 3.63) is 3.95 Å². The van der Waals surface area contributed by atoms with E-state index >= 15 is 0 Å². The van der Waals surface area contributed by atoms with Crippen molar-refractivity contribution in [2.75, 3.05) is 11.4 Å². The first-order chi connectivity index (χ1) is 5.70. The zero-order valence-corrected chi connectivity index (χ0v) is 8.11. The summed E-state index contributed by atoms with van der Waals surface area (Å²) in [5.41, 5.74) is 0. The third-order valence-electron chi connectivity index (χ3n) is 1.84. The summed E-state index contributed by atoms with van der Waals surface area (Å²) in [6.07, 6.45) is 0. The second kappa shape index (κ2) is 2.63. The molecule has 2 rings (SSSR count). The molecule has 4 nitrogen and oxygen atoms in total. The summed E-state index contributed by atoms with van der Waals surface area (Å²) in [5, 5.41) is 0. The summed E-state index contributed by atoms with van der Waals surface area (Å²) >= 11 is 6.29. The van der Waals surface area contributed by atoms with Gasteiger partial charge in [0.05, 0.1) is 0 Å². The summed E-state index contributed by atoms with van der Waals surface area (Å²) in [4.78, 5) is 12.7. The van der Waals surface area contributed by atoms with Gasteiger partial charge in [-0.25, -0.2) is 0 Å². The minimum Gasteiger partial charge on any atom is -0.290 e. The molecule has 64 valence electrons. The van der Waals surface area contributed by atoms with Crippen LogP contribution in [-0.4, -0.2) is 21.4 Å². The molecule has 0 bridgehead atoms. The van der Waals surface area contributed by atoms with E-state index < -0.39 is 0 Å². The summed E-state index contributed by atoms with van der Waals surface area (Å²) in [7, 11) is 0. The van der Waals surface area contributed by atoms with E-state index in [-0.39, 0.29) is 5.91 Å². The second-order valence-electron chi connectivity index (χ2n) is 2.57. The summed E-state index contributed by atoms with van der Waals surface area (Å²) in [6, 6.07) is 0. The van der Waals surface area contributed by atoms with Crippen molar-refractivity contribution in [1.29, 1.82) is 0 Å². The maximum absolute atomic E-state index is 11.1. The highest BCUT2D eigenvalue weighted by molar-refractivity contribution is 7.73. The molecule has 0 fully saturated rings. The molecule has 12 heavy (non-hydrogen) atoms. The largest absolute Gasteiger partial charge is 0.290 e. The molecule has 0 radical (unpaired) electrons. The van der Waals surface area contributed by atoms with E-state index in [4.69, 9.17) is 12.2 Å². The lowest BCUT2D eigenvalue weighted by Crippen LogP contribution is -2.26. The number of nitrogens with zero attached hydrogens (tertiary/aromatic N) is 3. The molecule has 0 atom stereocenters. The molecule has 0 unspecified atom stereocenters. The predicted octanol–water partition coefficient (Wildman–Crippen LogP) is 1.04. The first kappa shape index (κ1) is 7.88. The van der Waals surface area contributed by atoms with E-state index in [1.165, 1.54) is 18.5 Å². The Balaban J connectivity index is 2.50. The summed E-state index contributed by atoms with van der Waals surface area (Å²) in [5.74, 6) is 0.735. The highest BCUT2D eigenvalue weighted by Gasteiger charge is 2.24. The Kier molecular flexibility index (Phi) is 1.73. The topological polar surface area (TPSA) is 38.1 Å². The molecular weight excluding hydrogens is 194 g/mol. The maximum atomic E-state index is 11.1. The fourth-order valence-electron chi connectivity index (χ4n) is 1.24. The van der Waals surface area contributed by atoms with E-state index in [1.807, 2.05) is 4.57 Å². The van der Waals surface area contributed by atoms with Gasteiger partial charge in [-0.1, -0.05) is 0 Å². The van der Waals surface area contributed by atoms with E-state index in [0.29, 0.717) is 12.5 Å². The van der Waals surface area contributed by atoms with Crippen molar-refractivity contribution in [2.24, 2.45) is 0 Å². The van der Waals surface area contributed by atoms with Crippen LogP contribution in [0.4, 0.5) is 5.95 Å². The average molecular weight is 201 g/mol. The molecule has 1 aliphatic rings. The van der Waals surface area contributed by atoms with Crippen LogP contribution >= 0.6 is 23.8 Å². The molecule has 2 heterocycles. The number of amides is 1. The van der Waals surface area contributed by atoms with Crippen LogP contribution in [0.25, 0.3) is 0 Å². The zero-order valence-electron chi connectivity index (χ0n) is 6.48. The van der Waals surface area contributed by atoms with Gasteiger partial charge >= 0.3 is 0 Å². The van der Waals surface area contributed by atoms with Crippen LogP contribution in [0.3, 0.4) is 0 Å². The number of rotatable bonds is 0. The molecule has 0 spiro atoms. The van der Waals surface area contributed by atoms with Crippen molar-refractivity contribution in [3.63, 3.8) is 0 Å². The summed E-state index contributed by atoms with van der Waals surface area (Å²) in [6.45, 7) is 3.02. The minimum atomic E-state index is 0.0292. The number of carbonyl (C=O) groups is 1. The number of hydrogen-bond donors (Lipinski definition) is 0. The van der Waals surface area contributed by atoms with Crippen LogP contribution in [0.5, 0.6) is 0 Å². The van der Waals surface area contributed by atoms with Crippen molar-refractivity contribution in [2.45, 2.75) is 13.5 Å². The van der Waals surface area contributed by atoms with Crippen molar-refractivity contribution in [1.82, 2.24) is 8.94 Å². The van der Waals surface area contributed by atoms with Crippen LogP contribution in [0.1, 0.15) is 6.92 Å². The highest BCUT2D eigenvalue weighted by Crippen LogP contribution is 2.21. The molecule has 1 aromatic rings. The van der Waals surface area contributed by atoms with E-state index in [0.717, 1.165) is 10.5 Å². The zero-order chi connectivity index (χ0) is 8.72. The first-order valence-corrected chi connectivity index (χ1v) is 4.73. The molecular formula is C6H7N3OS2. The average Bonchev–Trinajstić information content (AvgIpc) is 2.53. The molecule has 1 amide bonds. The minimum absolute atomic E-state index is 0.0292. The molecule has 0 aliphatic carbocycles. The van der Waals surface area contributed by atoms with Crippen molar-refractivity contribution >= 4 is 35.6 Å². The predicted molar refractivity (Wildman–Crippen MR) is 49.0 cm³/mol. The standard InChI is InChI=1S/C6H7N3OS2/c1-4(10)8-2-3-9-5(8)7-12-6(9)11/h2-3H2,1H3. The lowest BCUT2D eigenvalue weighted by atomic mass is 10.5. The van der Waals surface area contributed by atoms with Crippen LogP contribution in [0, 0.1) is 3.95 Å². The Hall–Kier alpha value is -0.750. The number of fused-ring (bicyclic) bond motifs is 1. The van der Waals surface area contributed by atoms with E-state index in [9.17, 15) is 4.79 Å². The molecule has 0 saturated carbocycles. The number of anilines is 1. The second-order valence-corrected chi connectivity index (χ2v) is 3.97. The molecule has 0 N–H and O–H groups in total. The lowest BCUT2D eigenvalue weighted by molar-refractivity contribution is -0.116. The van der Waals surface area contributed by atoms with Crippen LogP contribution in [0.15, 0.2) is 0 Å². The Morgan fingerprint density at radius 3 is 3.08 bits per heavy atom. The number of hydrogen-bond acceptors (Lipinski definition) is 4. The SMILES string of the molecule is CC(=O)N1CCn2c1nsc2=S. The summed E-state index contributed by atoms with van der Waals surface area (Å²) < 4.78 is 6.74. The van der Waals surface area contributed by atoms with Crippen molar-refractivity contribution < 1.29 is 4.79 Å². The van der Waals surface area contributed by atoms with Gasteiger partial charge in [0.2, 0.25) is 11.9 Å². The number of carbonyl (C=O) groups excluding carboxylic acids is 1. The Labute approximate surface area is 78.6 Å². The van der Waals surface area contributed by atoms with E-state index in [1.54, 1.807) is 4.90 Å². The van der Waals surface area contributed by atoms with Gasteiger partial charge in [-0.15, -0.1) is 0 Å². The highest BCUT2D eigenvalue weighted by atomic mass is 32.2. The van der Waals surface area contributed by atoms with Crippen LogP contribution in [-0.2, 0) is 11.3 Å².